The molecule has 0 aliphatic rings. The second-order valence-electron chi connectivity index (χ2n) is 4.98. The lowest BCUT2D eigenvalue weighted by atomic mass is 10.2. The Hall–Kier alpha value is -2.62. The number of aryl methyl sites for hydroxylation is 1. The number of hydrogen-bond donors (Lipinski definition) is 1. The monoisotopic (exact) mass is 282 g/mol. The van der Waals surface area contributed by atoms with E-state index >= 15 is 0 Å². The maximum atomic E-state index is 13.3. The van der Waals surface area contributed by atoms with Crippen LogP contribution in [0.1, 0.15) is 11.1 Å². The van der Waals surface area contributed by atoms with Crippen molar-refractivity contribution in [3.63, 3.8) is 0 Å². The minimum atomic E-state index is -0.307. The third kappa shape index (κ3) is 2.94. The lowest BCUT2D eigenvalue weighted by molar-refractivity contribution is 0.307. The molecule has 106 valence electrons. The SMILES string of the molecule is Cc1ccc(COc2cc3cc(F)ccc3nc2N)cc1. The molecule has 0 amide bonds. The predicted molar refractivity (Wildman–Crippen MR) is 81.6 cm³/mol. The van der Waals surface area contributed by atoms with Crippen molar-refractivity contribution in [1.29, 1.82) is 0 Å². The van der Waals surface area contributed by atoms with Gasteiger partial charge in [-0.3, -0.25) is 0 Å². The quantitative estimate of drug-likeness (QED) is 0.794. The van der Waals surface area contributed by atoms with Crippen molar-refractivity contribution in [1.82, 2.24) is 4.98 Å². The van der Waals surface area contributed by atoms with Gasteiger partial charge in [-0.2, -0.15) is 0 Å². The summed E-state index contributed by atoms with van der Waals surface area (Å²) in [6, 6.07) is 14.1. The maximum absolute atomic E-state index is 13.3. The molecule has 0 saturated heterocycles. The Morgan fingerprint density at radius 3 is 2.62 bits per heavy atom. The molecule has 0 radical (unpaired) electrons. The number of fused-ring (bicyclic) bond motifs is 1. The fourth-order valence-corrected chi connectivity index (χ4v) is 2.10. The summed E-state index contributed by atoms with van der Waals surface area (Å²) < 4.78 is 19.0. The highest BCUT2D eigenvalue weighted by atomic mass is 19.1. The van der Waals surface area contributed by atoms with Crippen LogP contribution >= 0.6 is 0 Å². The molecule has 3 nitrogen and oxygen atoms in total. The van der Waals surface area contributed by atoms with Gasteiger partial charge in [0.05, 0.1) is 5.52 Å². The topological polar surface area (TPSA) is 48.1 Å². The number of ether oxygens (including phenoxy) is 1. The highest BCUT2D eigenvalue weighted by Gasteiger charge is 2.06. The predicted octanol–water partition coefficient (Wildman–Crippen LogP) is 3.84. The van der Waals surface area contributed by atoms with Crippen LogP contribution in [0.25, 0.3) is 10.9 Å². The first-order valence-corrected chi connectivity index (χ1v) is 6.66. The van der Waals surface area contributed by atoms with Gasteiger partial charge in [-0.1, -0.05) is 29.8 Å². The van der Waals surface area contributed by atoms with Gasteiger partial charge in [0.15, 0.2) is 11.6 Å². The van der Waals surface area contributed by atoms with Gasteiger partial charge >= 0.3 is 0 Å². The number of halogens is 1. The summed E-state index contributed by atoms with van der Waals surface area (Å²) in [5, 5.41) is 0.670. The van der Waals surface area contributed by atoms with Crippen molar-refractivity contribution in [3.05, 3.63) is 65.5 Å². The van der Waals surface area contributed by atoms with Gasteiger partial charge in [0.2, 0.25) is 0 Å². The van der Waals surface area contributed by atoms with Gasteiger partial charge in [0.1, 0.15) is 12.4 Å². The zero-order chi connectivity index (χ0) is 14.8. The average Bonchev–Trinajstić information content (AvgIpc) is 2.47. The fourth-order valence-electron chi connectivity index (χ4n) is 2.10. The Morgan fingerprint density at radius 2 is 1.86 bits per heavy atom. The van der Waals surface area contributed by atoms with Crippen LogP contribution < -0.4 is 10.5 Å². The second-order valence-corrected chi connectivity index (χ2v) is 4.98. The van der Waals surface area contributed by atoms with E-state index in [1.54, 1.807) is 12.1 Å². The second kappa shape index (κ2) is 5.40. The number of aromatic nitrogens is 1. The van der Waals surface area contributed by atoms with Crippen LogP contribution in [0.3, 0.4) is 0 Å². The fraction of sp³-hybridized carbons (Fsp3) is 0.118. The molecular weight excluding hydrogens is 267 g/mol. The number of benzene rings is 2. The molecule has 1 heterocycles. The first kappa shape index (κ1) is 13.4. The first-order chi connectivity index (χ1) is 10.1. The molecule has 3 aromatic rings. The van der Waals surface area contributed by atoms with Crippen molar-refractivity contribution in [2.24, 2.45) is 0 Å². The van der Waals surface area contributed by atoms with Gasteiger partial charge in [0, 0.05) is 5.39 Å². The molecule has 0 unspecified atom stereocenters. The van der Waals surface area contributed by atoms with Crippen molar-refractivity contribution in [3.8, 4) is 5.75 Å². The average molecular weight is 282 g/mol. The molecule has 2 aromatic carbocycles. The first-order valence-electron chi connectivity index (χ1n) is 6.66. The van der Waals surface area contributed by atoms with E-state index in [2.05, 4.69) is 4.98 Å². The van der Waals surface area contributed by atoms with Gasteiger partial charge in [0.25, 0.3) is 0 Å². The van der Waals surface area contributed by atoms with Crippen molar-refractivity contribution < 1.29 is 9.13 Å². The number of nitrogen functional groups attached to an aromatic ring is 1. The number of anilines is 1. The van der Waals surface area contributed by atoms with E-state index in [0.29, 0.717) is 29.1 Å². The van der Waals surface area contributed by atoms with Crippen LogP contribution in [0, 0.1) is 12.7 Å². The van der Waals surface area contributed by atoms with Gasteiger partial charge < -0.3 is 10.5 Å². The van der Waals surface area contributed by atoms with Crippen LogP contribution in [-0.4, -0.2) is 4.98 Å². The molecule has 0 aliphatic heterocycles. The van der Waals surface area contributed by atoms with E-state index in [9.17, 15) is 4.39 Å². The number of pyridine rings is 1. The molecule has 2 N–H and O–H groups in total. The number of hydrogen-bond acceptors (Lipinski definition) is 3. The number of nitrogens with two attached hydrogens (primary N) is 1. The molecule has 1 aromatic heterocycles. The summed E-state index contributed by atoms with van der Waals surface area (Å²) in [5.74, 6) is 0.466. The molecular formula is C17H15FN2O. The lowest BCUT2D eigenvalue weighted by Gasteiger charge is -2.10. The van der Waals surface area contributed by atoms with E-state index in [1.807, 2.05) is 31.2 Å². The normalized spacial score (nSPS) is 10.8. The zero-order valence-electron chi connectivity index (χ0n) is 11.6. The highest BCUT2D eigenvalue weighted by Crippen LogP contribution is 2.26. The third-order valence-corrected chi connectivity index (χ3v) is 3.28. The Balaban J connectivity index is 1.86. The van der Waals surface area contributed by atoms with E-state index in [4.69, 9.17) is 10.5 Å². The molecule has 0 bridgehead atoms. The van der Waals surface area contributed by atoms with Crippen LogP contribution in [-0.2, 0) is 6.61 Å². The summed E-state index contributed by atoms with van der Waals surface area (Å²) in [5.41, 5.74) is 8.77. The molecule has 3 rings (SSSR count). The van der Waals surface area contributed by atoms with E-state index < -0.39 is 0 Å². The number of nitrogens with zero attached hydrogens (tertiary/aromatic N) is 1. The Morgan fingerprint density at radius 1 is 1.10 bits per heavy atom. The summed E-state index contributed by atoms with van der Waals surface area (Å²) in [6.45, 7) is 2.43. The van der Waals surface area contributed by atoms with Gasteiger partial charge in [-0.15, -0.1) is 0 Å². The minimum absolute atomic E-state index is 0.307. The van der Waals surface area contributed by atoms with Crippen molar-refractivity contribution >= 4 is 16.7 Å². The van der Waals surface area contributed by atoms with E-state index in [-0.39, 0.29) is 5.82 Å². The summed E-state index contributed by atoms with van der Waals surface area (Å²) in [6.07, 6.45) is 0. The summed E-state index contributed by atoms with van der Waals surface area (Å²) in [7, 11) is 0. The van der Waals surface area contributed by atoms with Crippen LogP contribution in [0.15, 0.2) is 48.5 Å². The molecule has 0 fully saturated rings. The van der Waals surface area contributed by atoms with Gasteiger partial charge in [-0.25, -0.2) is 9.37 Å². The number of rotatable bonds is 3. The lowest BCUT2D eigenvalue weighted by Crippen LogP contribution is -2.01. The minimum Gasteiger partial charge on any atom is -0.485 e. The largest absolute Gasteiger partial charge is 0.485 e. The Kier molecular flexibility index (Phi) is 3.44. The Labute approximate surface area is 122 Å². The molecule has 0 atom stereocenters. The van der Waals surface area contributed by atoms with Crippen molar-refractivity contribution in [2.45, 2.75) is 13.5 Å². The van der Waals surface area contributed by atoms with E-state index in [0.717, 1.165) is 5.56 Å². The smallest absolute Gasteiger partial charge is 0.166 e. The third-order valence-electron chi connectivity index (χ3n) is 3.28. The van der Waals surface area contributed by atoms with Crippen LogP contribution in [0.4, 0.5) is 10.2 Å². The maximum Gasteiger partial charge on any atom is 0.166 e. The standard InChI is InChI=1S/C17H15FN2O/c1-11-2-4-12(5-3-11)10-21-16-9-13-8-14(18)6-7-15(13)20-17(16)19/h2-9H,10H2,1H3,(H2,19,20). The van der Waals surface area contributed by atoms with Crippen LogP contribution in [0.5, 0.6) is 5.75 Å². The van der Waals surface area contributed by atoms with Gasteiger partial charge in [-0.05, 0) is 36.8 Å². The summed E-state index contributed by atoms with van der Waals surface area (Å²) >= 11 is 0. The molecule has 21 heavy (non-hydrogen) atoms. The molecule has 0 saturated carbocycles. The van der Waals surface area contributed by atoms with E-state index in [1.165, 1.54) is 17.7 Å². The zero-order valence-corrected chi connectivity index (χ0v) is 11.6. The molecule has 4 heteroatoms. The Bertz CT molecular complexity index is 785. The summed E-state index contributed by atoms with van der Waals surface area (Å²) in [4.78, 5) is 4.23. The molecule has 0 aliphatic carbocycles. The van der Waals surface area contributed by atoms with Crippen molar-refractivity contribution in [2.75, 3.05) is 5.73 Å². The van der Waals surface area contributed by atoms with Crippen LogP contribution in [0.2, 0.25) is 0 Å². The highest BCUT2D eigenvalue weighted by molar-refractivity contribution is 5.82. The molecule has 0 spiro atoms.